The monoisotopic (exact) mass is 280 g/mol. The van der Waals surface area contributed by atoms with E-state index in [1.807, 2.05) is 0 Å². The summed E-state index contributed by atoms with van der Waals surface area (Å²) < 4.78 is 1.48. The van der Waals surface area contributed by atoms with Gasteiger partial charge in [0.25, 0.3) is 5.91 Å². The molecule has 1 fully saturated rings. The Morgan fingerprint density at radius 2 is 2.15 bits per heavy atom. The molecular weight excluding hydrogens is 260 g/mol. The quantitative estimate of drug-likeness (QED) is 0.803. The van der Waals surface area contributed by atoms with E-state index in [0.29, 0.717) is 5.56 Å². The van der Waals surface area contributed by atoms with Gasteiger partial charge in [-0.3, -0.25) is 14.3 Å². The first kappa shape index (κ1) is 14.5. The molecule has 1 aromatic rings. The summed E-state index contributed by atoms with van der Waals surface area (Å²) in [5.74, 6) is -1.01. The van der Waals surface area contributed by atoms with Gasteiger partial charge in [0.1, 0.15) is 0 Å². The predicted octanol–water partition coefficient (Wildman–Crippen LogP) is 0.182. The zero-order valence-electron chi connectivity index (χ0n) is 11.6. The predicted molar refractivity (Wildman–Crippen MR) is 72.5 cm³/mol. The van der Waals surface area contributed by atoms with Gasteiger partial charge < -0.3 is 15.3 Å². The Balaban J connectivity index is 1.84. The fraction of sp³-hybridized carbons (Fsp3) is 0.615. The summed E-state index contributed by atoms with van der Waals surface area (Å²) in [5.41, 5.74) is 0.481. The lowest BCUT2D eigenvalue weighted by Gasteiger charge is -2.29. The van der Waals surface area contributed by atoms with Crippen LogP contribution in [0.15, 0.2) is 12.4 Å². The van der Waals surface area contributed by atoms with Gasteiger partial charge in [-0.05, 0) is 33.0 Å². The summed E-state index contributed by atoms with van der Waals surface area (Å²) in [7, 11) is 2.07. The number of aliphatic carboxylic acids is 1. The molecule has 1 amide bonds. The fourth-order valence-corrected chi connectivity index (χ4v) is 2.23. The minimum Gasteiger partial charge on any atom is -0.481 e. The number of aryl methyl sites for hydroxylation is 1. The molecule has 0 unspecified atom stereocenters. The van der Waals surface area contributed by atoms with E-state index in [1.54, 1.807) is 6.20 Å². The van der Waals surface area contributed by atoms with Gasteiger partial charge >= 0.3 is 5.97 Å². The van der Waals surface area contributed by atoms with E-state index < -0.39 is 5.97 Å². The van der Waals surface area contributed by atoms with Crippen LogP contribution in [0, 0.1) is 0 Å². The van der Waals surface area contributed by atoms with Crippen LogP contribution in [0.3, 0.4) is 0 Å². The number of carboxylic acid groups (broad SMARTS) is 1. The van der Waals surface area contributed by atoms with Crippen molar-refractivity contribution in [3.63, 3.8) is 0 Å². The molecule has 2 N–H and O–H groups in total. The third kappa shape index (κ3) is 4.06. The summed E-state index contributed by atoms with van der Waals surface area (Å²) >= 11 is 0. The summed E-state index contributed by atoms with van der Waals surface area (Å²) in [6.07, 6.45) is 4.97. The molecular formula is C13H20N4O3. The van der Waals surface area contributed by atoms with Gasteiger partial charge in [-0.15, -0.1) is 0 Å². The van der Waals surface area contributed by atoms with Crippen LogP contribution in [0.25, 0.3) is 0 Å². The number of nitrogens with zero attached hydrogens (tertiary/aromatic N) is 3. The van der Waals surface area contributed by atoms with Crippen LogP contribution >= 0.6 is 0 Å². The summed E-state index contributed by atoms with van der Waals surface area (Å²) in [4.78, 5) is 24.8. The van der Waals surface area contributed by atoms with Crippen molar-refractivity contribution in [3.8, 4) is 0 Å². The number of hydrogen-bond acceptors (Lipinski definition) is 4. The number of carbonyl (C=O) groups excluding carboxylic acids is 1. The maximum atomic E-state index is 12.1. The van der Waals surface area contributed by atoms with Gasteiger partial charge in [-0.1, -0.05) is 0 Å². The Bertz CT molecular complexity index is 478. The molecule has 0 radical (unpaired) electrons. The molecule has 0 aromatic carbocycles. The maximum absolute atomic E-state index is 12.1. The molecule has 0 bridgehead atoms. The Hall–Kier alpha value is -1.89. The van der Waals surface area contributed by atoms with Gasteiger partial charge in [0.2, 0.25) is 0 Å². The number of carbonyl (C=O) groups is 2. The highest BCUT2D eigenvalue weighted by atomic mass is 16.4. The van der Waals surface area contributed by atoms with Crippen molar-refractivity contribution in [1.29, 1.82) is 0 Å². The molecule has 0 spiro atoms. The molecule has 1 saturated heterocycles. The second kappa shape index (κ2) is 6.51. The van der Waals surface area contributed by atoms with Crippen molar-refractivity contribution in [3.05, 3.63) is 18.0 Å². The maximum Gasteiger partial charge on any atom is 0.305 e. The van der Waals surface area contributed by atoms with Crippen LogP contribution < -0.4 is 5.32 Å². The SMILES string of the molecule is CN1CCC(NC(=O)c2cnn(CCC(=O)O)c2)CC1. The van der Waals surface area contributed by atoms with Crippen molar-refractivity contribution in [2.24, 2.45) is 0 Å². The molecule has 1 aromatic heterocycles. The number of likely N-dealkylation sites (tertiary alicyclic amines) is 1. The third-order valence-corrected chi connectivity index (χ3v) is 3.50. The van der Waals surface area contributed by atoms with Gasteiger partial charge in [0, 0.05) is 12.2 Å². The van der Waals surface area contributed by atoms with E-state index in [-0.39, 0.29) is 24.9 Å². The lowest BCUT2D eigenvalue weighted by molar-refractivity contribution is -0.137. The fourth-order valence-electron chi connectivity index (χ4n) is 2.23. The van der Waals surface area contributed by atoms with Crippen molar-refractivity contribution in [2.75, 3.05) is 20.1 Å². The number of aromatic nitrogens is 2. The first-order valence-corrected chi connectivity index (χ1v) is 6.78. The van der Waals surface area contributed by atoms with E-state index in [9.17, 15) is 9.59 Å². The molecule has 110 valence electrons. The topological polar surface area (TPSA) is 87.5 Å². The molecule has 7 nitrogen and oxygen atoms in total. The van der Waals surface area contributed by atoms with Gasteiger partial charge in [0.15, 0.2) is 0 Å². The molecule has 0 atom stereocenters. The molecule has 1 aliphatic rings. The average Bonchev–Trinajstić information content (AvgIpc) is 2.88. The highest BCUT2D eigenvalue weighted by Crippen LogP contribution is 2.09. The van der Waals surface area contributed by atoms with E-state index >= 15 is 0 Å². The Morgan fingerprint density at radius 3 is 2.80 bits per heavy atom. The first-order valence-electron chi connectivity index (χ1n) is 6.78. The second-order valence-electron chi connectivity index (χ2n) is 5.19. The van der Waals surface area contributed by atoms with Crippen molar-refractivity contribution >= 4 is 11.9 Å². The average molecular weight is 280 g/mol. The van der Waals surface area contributed by atoms with E-state index in [1.165, 1.54) is 10.9 Å². The van der Waals surface area contributed by atoms with Crippen LogP contribution in [0.1, 0.15) is 29.6 Å². The zero-order valence-corrected chi connectivity index (χ0v) is 11.6. The molecule has 2 rings (SSSR count). The normalized spacial score (nSPS) is 17.1. The third-order valence-electron chi connectivity index (χ3n) is 3.50. The summed E-state index contributed by atoms with van der Waals surface area (Å²) in [5, 5.41) is 15.6. The van der Waals surface area contributed by atoms with Gasteiger partial charge in [0.05, 0.1) is 24.7 Å². The number of amides is 1. The minimum atomic E-state index is -0.877. The Kier molecular flexibility index (Phi) is 4.73. The summed E-state index contributed by atoms with van der Waals surface area (Å²) in [6, 6.07) is 0.209. The van der Waals surface area contributed by atoms with Crippen LogP contribution in [0.4, 0.5) is 0 Å². The molecule has 1 aliphatic heterocycles. The van der Waals surface area contributed by atoms with Gasteiger partial charge in [-0.2, -0.15) is 5.10 Å². The molecule has 0 aliphatic carbocycles. The van der Waals surface area contributed by atoms with Crippen LogP contribution in [0.2, 0.25) is 0 Å². The molecule has 2 heterocycles. The zero-order chi connectivity index (χ0) is 14.5. The lowest BCUT2D eigenvalue weighted by atomic mass is 10.1. The number of hydrogen-bond donors (Lipinski definition) is 2. The largest absolute Gasteiger partial charge is 0.481 e. The number of carboxylic acids is 1. The molecule has 7 heteroatoms. The Morgan fingerprint density at radius 1 is 1.45 bits per heavy atom. The number of nitrogens with one attached hydrogen (secondary N) is 1. The van der Waals surface area contributed by atoms with Crippen LogP contribution in [-0.4, -0.2) is 57.8 Å². The van der Waals surface area contributed by atoms with Crippen molar-refractivity contribution < 1.29 is 14.7 Å². The smallest absolute Gasteiger partial charge is 0.305 e. The Labute approximate surface area is 117 Å². The first-order chi connectivity index (χ1) is 9.54. The molecule has 20 heavy (non-hydrogen) atoms. The lowest BCUT2D eigenvalue weighted by Crippen LogP contribution is -2.43. The van der Waals surface area contributed by atoms with Gasteiger partial charge in [-0.25, -0.2) is 0 Å². The molecule has 0 saturated carbocycles. The summed E-state index contributed by atoms with van der Waals surface area (Å²) in [6.45, 7) is 2.25. The highest BCUT2D eigenvalue weighted by molar-refractivity contribution is 5.93. The number of piperidine rings is 1. The number of rotatable bonds is 5. The van der Waals surface area contributed by atoms with Crippen molar-refractivity contribution in [1.82, 2.24) is 20.0 Å². The van der Waals surface area contributed by atoms with E-state index in [0.717, 1.165) is 25.9 Å². The van der Waals surface area contributed by atoms with E-state index in [2.05, 4.69) is 22.4 Å². The van der Waals surface area contributed by atoms with Crippen molar-refractivity contribution in [2.45, 2.75) is 31.8 Å². The standard InChI is InChI=1S/C13H20N4O3/c1-16-5-2-11(3-6-16)15-13(20)10-8-14-17(9-10)7-4-12(18)19/h8-9,11H,2-7H2,1H3,(H,15,20)(H,18,19). The minimum absolute atomic E-state index is 0.00228. The van der Waals surface area contributed by atoms with Crippen LogP contribution in [-0.2, 0) is 11.3 Å². The van der Waals surface area contributed by atoms with E-state index in [4.69, 9.17) is 5.11 Å². The highest BCUT2D eigenvalue weighted by Gasteiger charge is 2.19. The van der Waals surface area contributed by atoms with Crippen LogP contribution in [0.5, 0.6) is 0 Å². The second-order valence-corrected chi connectivity index (χ2v) is 5.19.